The molecule has 0 fully saturated rings. The predicted molar refractivity (Wildman–Crippen MR) is 63.0 cm³/mol. The number of nitrogens with zero attached hydrogens (tertiary/aromatic N) is 1. The highest BCUT2D eigenvalue weighted by Gasteiger charge is 2.18. The molecule has 1 aromatic rings. The van der Waals surface area contributed by atoms with Gasteiger partial charge in [0.2, 0.25) is 0 Å². The van der Waals surface area contributed by atoms with Crippen LogP contribution >= 0.6 is 10.7 Å². The molecule has 0 radical (unpaired) electrons. The van der Waals surface area contributed by atoms with Crippen LogP contribution in [0.4, 0.5) is 0 Å². The van der Waals surface area contributed by atoms with Gasteiger partial charge in [-0.15, -0.1) is 0 Å². The number of hydrogen-bond donors (Lipinski definition) is 0. The molecule has 0 spiro atoms. The quantitative estimate of drug-likeness (QED) is 0.782. The third-order valence-electron chi connectivity index (χ3n) is 2.48. The SMILES string of the molecule is CCc1c(C#N)ccc(S(=O)(=O)Cl)c1CC. The first kappa shape index (κ1) is 13.0. The van der Waals surface area contributed by atoms with Gasteiger partial charge in [0.1, 0.15) is 0 Å². The number of halogens is 1. The van der Waals surface area contributed by atoms with E-state index in [1.165, 1.54) is 12.1 Å². The van der Waals surface area contributed by atoms with Crippen molar-refractivity contribution in [1.82, 2.24) is 0 Å². The van der Waals surface area contributed by atoms with E-state index in [1.807, 2.05) is 13.8 Å². The molecule has 16 heavy (non-hydrogen) atoms. The van der Waals surface area contributed by atoms with Crippen molar-refractivity contribution >= 4 is 19.7 Å². The highest BCUT2D eigenvalue weighted by molar-refractivity contribution is 8.13. The Balaban J connectivity index is 3.64. The third kappa shape index (κ3) is 2.37. The number of benzene rings is 1. The molecule has 0 unspecified atom stereocenters. The summed E-state index contributed by atoms with van der Waals surface area (Å²) in [6, 6.07) is 4.97. The van der Waals surface area contributed by atoms with E-state index >= 15 is 0 Å². The van der Waals surface area contributed by atoms with Gasteiger partial charge >= 0.3 is 0 Å². The van der Waals surface area contributed by atoms with Crippen LogP contribution in [-0.2, 0) is 21.9 Å². The maximum Gasteiger partial charge on any atom is 0.261 e. The van der Waals surface area contributed by atoms with Gasteiger partial charge in [0.25, 0.3) is 9.05 Å². The summed E-state index contributed by atoms with van der Waals surface area (Å²) < 4.78 is 22.7. The largest absolute Gasteiger partial charge is 0.261 e. The number of rotatable bonds is 3. The van der Waals surface area contributed by atoms with Crippen LogP contribution in [0, 0.1) is 11.3 Å². The molecule has 0 saturated carbocycles. The number of nitriles is 1. The van der Waals surface area contributed by atoms with Crippen LogP contribution in [0.1, 0.15) is 30.5 Å². The van der Waals surface area contributed by atoms with Gasteiger partial charge in [-0.25, -0.2) is 8.42 Å². The molecule has 0 aliphatic rings. The van der Waals surface area contributed by atoms with Crippen molar-refractivity contribution in [3.8, 4) is 6.07 Å². The van der Waals surface area contributed by atoms with Gasteiger partial charge in [-0.1, -0.05) is 13.8 Å². The molecule has 0 amide bonds. The molecular formula is C11H12ClNO2S. The first-order chi connectivity index (χ1) is 7.45. The van der Waals surface area contributed by atoms with Gasteiger partial charge in [-0.2, -0.15) is 5.26 Å². The Morgan fingerprint density at radius 1 is 1.25 bits per heavy atom. The van der Waals surface area contributed by atoms with Gasteiger partial charge in [0.05, 0.1) is 16.5 Å². The second-order valence-electron chi connectivity index (χ2n) is 3.33. The molecular weight excluding hydrogens is 246 g/mol. The van der Waals surface area contributed by atoms with Crippen molar-refractivity contribution < 1.29 is 8.42 Å². The third-order valence-corrected chi connectivity index (χ3v) is 3.88. The molecule has 86 valence electrons. The van der Waals surface area contributed by atoms with Crippen molar-refractivity contribution in [3.05, 3.63) is 28.8 Å². The first-order valence-corrected chi connectivity index (χ1v) is 7.26. The fraction of sp³-hybridized carbons (Fsp3) is 0.364. The second kappa shape index (κ2) is 4.86. The predicted octanol–water partition coefficient (Wildman–Crippen LogP) is 2.61. The van der Waals surface area contributed by atoms with Crippen LogP contribution in [0.15, 0.2) is 17.0 Å². The summed E-state index contributed by atoms with van der Waals surface area (Å²) in [6.45, 7) is 3.74. The maximum absolute atomic E-state index is 11.4. The van der Waals surface area contributed by atoms with Gasteiger partial charge in [-0.05, 0) is 36.1 Å². The molecule has 0 aromatic heterocycles. The lowest BCUT2D eigenvalue weighted by Crippen LogP contribution is -2.03. The Labute approximate surface area is 100 Å². The molecule has 3 nitrogen and oxygen atoms in total. The van der Waals surface area contributed by atoms with Crippen LogP contribution in [-0.4, -0.2) is 8.42 Å². The smallest absolute Gasteiger partial charge is 0.207 e. The number of hydrogen-bond acceptors (Lipinski definition) is 3. The van der Waals surface area contributed by atoms with Gasteiger partial charge in [-0.3, -0.25) is 0 Å². The van der Waals surface area contributed by atoms with Crippen molar-refractivity contribution in [1.29, 1.82) is 5.26 Å². The molecule has 0 aliphatic carbocycles. The van der Waals surface area contributed by atoms with Crippen LogP contribution in [0.2, 0.25) is 0 Å². The normalized spacial score (nSPS) is 11.1. The van der Waals surface area contributed by atoms with E-state index in [9.17, 15) is 8.42 Å². The van der Waals surface area contributed by atoms with Crippen molar-refractivity contribution in [2.24, 2.45) is 0 Å². The monoisotopic (exact) mass is 257 g/mol. The molecule has 1 rings (SSSR count). The Hall–Kier alpha value is -1.05. The van der Waals surface area contributed by atoms with Crippen molar-refractivity contribution in [2.75, 3.05) is 0 Å². The molecule has 0 saturated heterocycles. The lowest BCUT2D eigenvalue weighted by Gasteiger charge is -2.11. The Bertz CT molecular complexity index is 544. The van der Waals surface area contributed by atoms with E-state index in [2.05, 4.69) is 6.07 Å². The molecule has 0 atom stereocenters. The minimum Gasteiger partial charge on any atom is -0.207 e. The summed E-state index contributed by atoms with van der Waals surface area (Å²) in [5.41, 5.74) is 1.94. The molecule has 0 bridgehead atoms. The minimum absolute atomic E-state index is 0.118. The zero-order valence-electron chi connectivity index (χ0n) is 9.12. The molecule has 5 heteroatoms. The summed E-state index contributed by atoms with van der Waals surface area (Å²) in [6.07, 6.45) is 1.16. The van der Waals surface area contributed by atoms with E-state index in [0.717, 1.165) is 5.56 Å². The molecule has 0 aliphatic heterocycles. The average molecular weight is 258 g/mol. The average Bonchev–Trinajstić information content (AvgIpc) is 2.25. The van der Waals surface area contributed by atoms with E-state index in [-0.39, 0.29) is 4.90 Å². The highest BCUT2D eigenvalue weighted by atomic mass is 35.7. The zero-order chi connectivity index (χ0) is 12.3. The zero-order valence-corrected chi connectivity index (χ0v) is 10.7. The lowest BCUT2D eigenvalue weighted by molar-refractivity contribution is 0.608. The van der Waals surface area contributed by atoms with Crippen LogP contribution in [0.3, 0.4) is 0 Å². The Morgan fingerprint density at radius 2 is 1.81 bits per heavy atom. The van der Waals surface area contributed by atoms with Gasteiger partial charge < -0.3 is 0 Å². The van der Waals surface area contributed by atoms with Crippen molar-refractivity contribution in [3.63, 3.8) is 0 Å². The Kier molecular flexibility index (Phi) is 3.95. The summed E-state index contributed by atoms with van der Waals surface area (Å²) >= 11 is 0. The summed E-state index contributed by atoms with van der Waals surface area (Å²) in [7, 11) is 1.62. The van der Waals surface area contributed by atoms with E-state index in [0.29, 0.717) is 24.0 Å². The first-order valence-electron chi connectivity index (χ1n) is 4.95. The standard InChI is InChI=1S/C11H12ClNO2S/c1-3-9-8(7-13)5-6-11(10(9)4-2)16(12,14)15/h5-6H,3-4H2,1-2H3. The summed E-state index contributed by atoms with van der Waals surface area (Å²) in [5.74, 6) is 0. The minimum atomic E-state index is -3.74. The lowest BCUT2D eigenvalue weighted by atomic mass is 9.98. The van der Waals surface area contributed by atoms with E-state index in [1.54, 1.807) is 0 Å². The maximum atomic E-state index is 11.4. The second-order valence-corrected chi connectivity index (χ2v) is 5.86. The highest BCUT2D eigenvalue weighted by Crippen LogP contribution is 2.26. The van der Waals surface area contributed by atoms with E-state index < -0.39 is 9.05 Å². The Morgan fingerprint density at radius 3 is 2.19 bits per heavy atom. The van der Waals surface area contributed by atoms with E-state index in [4.69, 9.17) is 15.9 Å². The topological polar surface area (TPSA) is 57.9 Å². The van der Waals surface area contributed by atoms with Crippen LogP contribution in [0.25, 0.3) is 0 Å². The van der Waals surface area contributed by atoms with Gasteiger partial charge in [0.15, 0.2) is 0 Å². The summed E-state index contributed by atoms with van der Waals surface area (Å²) in [5, 5.41) is 8.93. The molecule has 0 N–H and O–H groups in total. The van der Waals surface area contributed by atoms with Crippen LogP contribution in [0.5, 0.6) is 0 Å². The fourth-order valence-electron chi connectivity index (χ4n) is 1.80. The van der Waals surface area contributed by atoms with Crippen molar-refractivity contribution in [2.45, 2.75) is 31.6 Å². The molecule has 0 heterocycles. The van der Waals surface area contributed by atoms with Crippen LogP contribution < -0.4 is 0 Å². The van der Waals surface area contributed by atoms with Gasteiger partial charge in [0, 0.05) is 10.7 Å². The molecule has 1 aromatic carbocycles. The fourth-order valence-corrected chi connectivity index (χ4v) is 3.02. The summed E-state index contributed by atoms with van der Waals surface area (Å²) in [4.78, 5) is 0.118.